The number of benzene rings is 2. The number of methoxy groups -OCH3 is 2. The van der Waals surface area contributed by atoms with Crippen LogP contribution in [0.3, 0.4) is 0 Å². The number of pyridine rings is 2. The number of hydrogen-bond acceptors (Lipinski definition) is 8. The zero-order valence-electron chi connectivity index (χ0n) is 21.3. The maximum absolute atomic E-state index is 13.0. The van der Waals surface area contributed by atoms with Crippen molar-refractivity contribution in [3.8, 4) is 11.5 Å². The summed E-state index contributed by atoms with van der Waals surface area (Å²) in [5.74, 6) is 1.60. The second kappa shape index (κ2) is 11.3. The quantitative estimate of drug-likeness (QED) is 0.246. The smallest absolute Gasteiger partial charge is 0.255 e. The third-order valence-electron chi connectivity index (χ3n) is 6.17. The van der Waals surface area contributed by atoms with Gasteiger partial charge in [0, 0.05) is 41.1 Å². The second-order valence-corrected chi connectivity index (χ2v) is 9.58. The molecule has 0 radical (unpaired) electrons. The molecule has 0 aliphatic rings. The third-order valence-corrected chi connectivity index (χ3v) is 7.13. The van der Waals surface area contributed by atoms with Crippen molar-refractivity contribution in [2.75, 3.05) is 19.5 Å². The number of hydrogen-bond donors (Lipinski definition) is 2. The molecule has 0 fully saturated rings. The Kier molecular flexibility index (Phi) is 7.46. The fourth-order valence-corrected chi connectivity index (χ4v) is 4.86. The lowest BCUT2D eigenvalue weighted by Crippen LogP contribution is -2.27. The highest BCUT2D eigenvalue weighted by Gasteiger charge is 2.17. The first-order chi connectivity index (χ1) is 18.6. The van der Waals surface area contributed by atoms with Crippen molar-refractivity contribution in [1.82, 2.24) is 20.3 Å². The van der Waals surface area contributed by atoms with Crippen LogP contribution >= 0.6 is 11.3 Å². The van der Waals surface area contributed by atoms with Gasteiger partial charge in [-0.05, 0) is 60.9 Å². The number of amides is 1. The van der Waals surface area contributed by atoms with E-state index in [1.807, 2.05) is 48.8 Å². The lowest BCUT2D eigenvalue weighted by Gasteiger charge is -2.14. The zero-order chi connectivity index (χ0) is 26.5. The molecule has 0 bridgehead atoms. The van der Waals surface area contributed by atoms with Gasteiger partial charge in [0.1, 0.15) is 10.8 Å². The number of ether oxygens (including phenoxy) is 2. The molecule has 1 atom stereocenters. The Bertz CT molecular complexity index is 1560. The summed E-state index contributed by atoms with van der Waals surface area (Å²) in [6.07, 6.45) is 5.92. The molecule has 9 heteroatoms. The van der Waals surface area contributed by atoms with Crippen LogP contribution in [-0.4, -0.2) is 35.1 Å². The minimum Gasteiger partial charge on any atom is -0.493 e. The molecule has 0 saturated heterocycles. The molecular formula is C29H27N5O3S. The Morgan fingerprint density at radius 2 is 1.74 bits per heavy atom. The summed E-state index contributed by atoms with van der Waals surface area (Å²) in [7, 11) is 3.25. The van der Waals surface area contributed by atoms with E-state index in [4.69, 9.17) is 9.47 Å². The summed E-state index contributed by atoms with van der Waals surface area (Å²) in [6, 6.07) is 17.3. The van der Waals surface area contributed by atoms with Crippen molar-refractivity contribution in [3.05, 3.63) is 100 Å². The molecule has 1 unspecified atom stereocenters. The van der Waals surface area contributed by atoms with Crippen LogP contribution in [0.2, 0.25) is 0 Å². The average molecular weight is 526 g/mol. The summed E-state index contributed by atoms with van der Waals surface area (Å²) < 4.78 is 10.9. The van der Waals surface area contributed by atoms with Crippen molar-refractivity contribution in [2.24, 2.45) is 0 Å². The number of anilines is 2. The maximum Gasteiger partial charge on any atom is 0.255 e. The molecular weight excluding hydrogens is 498 g/mol. The van der Waals surface area contributed by atoms with Crippen LogP contribution in [0.25, 0.3) is 10.9 Å². The van der Waals surface area contributed by atoms with Gasteiger partial charge in [-0.1, -0.05) is 12.1 Å². The van der Waals surface area contributed by atoms with Crippen molar-refractivity contribution < 1.29 is 14.3 Å². The molecule has 5 aromatic rings. The highest BCUT2D eigenvalue weighted by Crippen LogP contribution is 2.33. The van der Waals surface area contributed by atoms with Gasteiger partial charge in [-0.2, -0.15) is 0 Å². The first-order valence-corrected chi connectivity index (χ1v) is 12.9. The normalized spacial score (nSPS) is 11.7. The molecule has 2 aromatic carbocycles. The molecule has 0 aliphatic carbocycles. The molecule has 8 nitrogen and oxygen atoms in total. The van der Waals surface area contributed by atoms with Crippen LogP contribution in [0.5, 0.6) is 11.5 Å². The Balaban J connectivity index is 1.32. The Labute approximate surface area is 224 Å². The van der Waals surface area contributed by atoms with Crippen LogP contribution in [0.4, 0.5) is 11.5 Å². The van der Waals surface area contributed by atoms with Crippen molar-refractivity contribution in [3.63, 3.8) is 0 Å². The number of carbonyl (C=O) groups excluding carboxylic acids is 1. The van der Waals surface area contributed by atoms with E-state index in [0.717, 1.165) is 39.1 Å². The van der Waals surface area contributed by atoms with Crippen LogP contribution in [0.15, 0.2) is 78.6 Å². The monoisotopic (exact) mass is 525 g/mol. The molecule has 38 heavy (non-hydrogen) atoms. The number of thiazole rings is 1. The molecule has 5 rings (SSSR count). The van der Waals surface area contributed by atoms with E-state index in [-0.39, 0.29) is 11.9 Å². The predicted molar refractivity (Wildman–Crippen MR) is 150 cm³/mol. The molecule has 0 spiro atoms. The first kappa shape index (κ1) is 25.2. The van der Waals surface area contributed by atoms with Gasteiger partial charge in [-0.3, -0.25) is 9.78 Å². The Morgan fingerprint density at radius 3 is 2.47 bits per heavy atom. The average Bonchev–Trinajstić information content (AvgIpc) is 3.49. The van der Waals surface area contributed by atoms with Gasteiger partial charge >= 0.3 is 0 Å². The number of aromatic nitrogens is 3. The number of carbonyl (C=O) groups is 1. The Morgan fingerprint density at radius 1 is 0.947 bits per heavy atom. The van der Waals surface area contributed by atoms with Crippen LogP contribution in [0, 0.1) is 0 Å². The molecule has 192 valence electrons. The van der Waals surface area contributed by atoms with Gasteiger partial charge < -0.3 is 20.1 Å². The van der Waals surface area contributed by atoms with E-state index < -0.39 is 0 Å². The number of fused-ring (bicyclic) bond motifs is 1. The van der Waals surface area contributed by atoms with Gasteiger partial charge in [0.15, 0.2) is 11.5 Å². The maximum atomic E-state index is 13.0. The fraction of sp³-hybridized carbons (Fsp3) is 0.172. The zero-order valence-corrected chi connectivity index (χ0v) is 22.1. The molecule has 0 aliphatic heterocycles. The fourth-order valence-electron chi connectivity index (χ4n) is 4.22. The van der Waals surface area contributed by atoms with Crippen molar-refractivity contribution >= 4 is 39.7 Å². The Hall–Kier alpha value is -4.50. The lowest BCUT2D eigenvalue weighted by molar-refractivity contribution is 0.0940. The molecule has 3 heterocycles. The standard InChI is InChI=1S/C29H27N5O3S/c1-18(29-32-13-14-38-29)33-28(35)22-5-4-11-31-27(22)34-21-8-6-19(7-9-21)15-20-10-12-30-24-17-26(37-3)25(36-2)16-23(20)24/h4-14,16-18H,15H2,1-3H3,(H,31,34)(H,33,35). The first-order valence-electron chi connectivity index (χ1n) is 12.1. The van der Waals surface area contributed by atoms with E-state index in [9.17, 15) is 4.79 Å². The van der Waals surface area contributed by atoms with E-state index in [2.05, 4.69) is 37.7 Å². The molecule has 2 N–H and O–H groups in total. The number of nitrogens with one attached hydrogen (secondary N) is 2. The van der Waals surface area contributed by atoms with E-state index in [0.29, 0.717) is 22.9 Å². The molecule has 1 amide bonds. The van der Waals surface area contributed by atoms with Gasteiger partial charge in [-0.15, -0.1) is 11.3 Å². The van der Waals surface area contributed by atoms with Gasteiger partial charge in [0.2, 0.25) is 0 Å². The highest BCUT2D eigenvalue weighted by molar-refractivity contribution is 7.09. The van der Waals surface area contributed by atoms with E-state index >= 15 is 0 Å². The lowest BCUT2D eigenvalue weighted by atomic mass is 10.0. The molecule has 3 aromatic heterocycles. The van der Waals surface area contributed by atoms with Crippen molar-refractivity contribution in [2.45, 2.75) is 19.4 Å². The van der Waals surface area contributed by atoms with Crippen LogP contribution in [-0.2, 0) is 6.42 Å². The van der Waals surface area contributed by atoms with Gasteiger partial charge in [0.05, 0.1) is 31.3 Å². The highest BCUT2D eigenvalue weighted by atomic mass is 32.1. The summed E-state index contributed by atoms with van der Waals surface area (Å²) in [5.41, 5.74) is 4.42. The van der Waals surface area contributed by atoms with Crippen LogP contribution in [0.1, 0.15) is 39.5 Å². The summed E-state index contributed by atoms with van der Waals surface area (Å²) in [5, 5.41) is 10.0. The number of nitrogens with zero attached hydrogens (tertiary/aromatic N) is 3. The second-order valence-electron chi connectivity index (χ2n) is 8.66. The predicted octanol–water partition coefficient (Wildman–Crippen LogP) is 5.93. The van der Waals surface area contributed by atoms with E-state index in [1.54, 1.807) is 38.7 Å². The molecule has 0 saturated carbocycles. The summed E-state index contributed by atoms with van der Waals surface area (Å²) in [4.78, 5) is 26.2. The summed E-state index contributed by atoms with van der Waals surface area (Å²) >= 11 is 1.51. The third kappa shape index (κ3) is 5.42. The van der Waals surface area contributed by atoms with Gasteiger partial charge in [0.25, 0.3) is 5.91 Å². The van der Waals surface area contributed by atoms with Gasteiger partial charge in [-0.25, -0.2) is 9.97 Å². The van der Waals surface area contributed by atoms with E-state index in [1.165, 1.54) is 11.3 Å². The van der Waals surface area contributed by atoms with Crippen LogP contribution < -0.4 is 20.1 Å². The minimum absolute atomic E-state index is 0.194. The summed E-state index contributed by atoms with van der Waals surface area (Å²) in [6.45, 7) is 1.91. The minimum atomic E-state index is -0.212. The van der Waals surface area contributed by atoms with Crippen molar-refractivity contribution in [1.29, 1.82) is 0 Å². The largest absolute Gasteiger partial charge is 0.493 e. The number of rotatable bonds is 9. The topological polar surface area (TPSA) is 98.3 Å². The SMILES string of the molecule is COc1cc2nccc(Cc3ccc(Nc4ncccc4C(=O)NC(C)c4nccs4)cc3)c2cc1OC.